The lowest BCUT2D eigenvalue weighted by atomic mass is 9.69. The standard InChI is InChI=1S/C21H34F2O8S/c1-11(19(26)30-10-21(22,23)32(27,28)29)6-14-12(2)13-7-15(14)16(8-13)17(24)9-18(25)31-20(3,4)5/h11-17,24H,6-10H2,1-5H3,(H,27,28,29). The first-order valence-corrected chi connectivity index (χ1v) is 12.3. The molecule has 0 amide bonds. The van der Waals surface area contributed by atoms with Crippen LogP contribution < -0.4 is 0 Å². The van der Waals surface area contributed by atoms with Crippen molar-refractivity contribution < 1.29 is 45.9 Å². The highest BCUT2D eigenvalue weighted by Gasteiger charge is 2.53. The van der Waals surface area contributed by atoms with Crippen LogP contribution >= 0.6 is 0 Å². The average Bonchev–Trinajstić information content (AvgIpc) is 3.16. The van der Waals surface area contributed by atoms with Gasteiger partial charge in [-0.3, -0.25) is 14.1 Å². The molecule has 32 heavy (non-hydrogen) atoms. The molecule has 0 aromatic rings. The third-order valence-electron chi connectivity index (χ3n) is 6.75. The Morgan fingerprint density at radius 1 is 1.19 bits per heavy atom. The van der Waals surface area contributed by atoms with Gasteiger partial charge in [-0.2, -0.15) is 17.2 Å². The summed E-state index contributed by atoms with van der Waals surface area (Å²) in [7, 11) is -5.68. The molecule has 0 heterocycles. The predicted molar refractivity (Wildman–Crippen MR) is 110 cm³/mol. The summed E-state index contributed by atoms with van der Waals surface area (Å²) in [5.41, 5.74) is -0.648. The van der Waals surface area contributed by atoms with Gasteiger partial charge in [0.1, 0.15) is 5.60 Å². The fourth-order valence-corrected chi connectivity index (χ4v) is 5.43. The lowest BCUT2D eigenvalue weighted by molar-refractivity contribution is -0.158. The van der Waals surface area contributed by atoms with Crippen molar-refractivity contribution in [3.05, 3.63) is 0 Å². The molecular formula is C21H34F2O8S. The Bertz CT molecular complexity index is 807. The number of ether oxygens (including phenoxy) is 2. The van der Waals surface area contributed by atoms with E-state index < -0.39 is 51.5 Å². The molecule has 7 atom stereocenters. The Balaban J connectivity index is 1.96. The second-order valence-electron chi connectivity index (χ2n) is 10.3. The van der Waals surface area contributed by atoms with E-state index >= 15 is 0 Å². The van der Waals surface area contributed by atoms with Crippen molar-refractivity contribution in [2.24, 2.45) is 35.5 Å². The molecule has 2 N–H and O–H groups in total. The van der Waals surface area contributed by atoms with Crippen LogP contribution in [0.2, 0.25) is 0 Å². The zero-order valence-corrected chi connectivity index (χ0v) is 19.9. The largest absolute Gasteiger partial charge is 0.460 e. The van der Waals surface area contributed by atoms with Crippen LogP contribution in [0.1, 0.15) is 60.3 Å². The van der Waals surface area contributed by atoms with Gasteiger partial charge < -0.3 is 14.6 Å². The number of carbonyl (C=O) groups is 2. The van der Waals surface area contributed by atoms with Gasteiger partial charge in [0, 0.05) is 0 Å². The summed E-state index contributed by atoms with van der Waals surface area (Å²) < 4.78 is 66.2. The van der Waals surface area contributed by atoms with Crippen LogP contribution in [0.25, 0.3) is 0 Å². The van der Waals surface area contributed by atoms with Crippen molar-refractivity contribution in [2.45, 2.75) is 77.3 Å². The molecule has 2 fully saturated rings. The minimum absolute atomic E-state index is 0.0247. The molecule has 0 spiro atoms. The molecule has 0 aromatic carbocycles. The lowest BCUT2D eigenvalue weighted by Gasteiger charge is -2.37. The van der Waals surface area contributed by atoms with E-state index in [4.69, 9.17) is 9.29 Å². The fourth-order valence-electron chi connectivity index (χ4n) is 5.22. The van der Waals surface area contributed by atoms with Crippen LogP contribution in [0.3, 0.4) is 0 Å². The quantitative estimate of drug-likeness (QED) is 0.378. The average molecular weight is 485 g/mol. The van der Waals surface area contributed by atoms with E-state index in [0.717, 1.165) is 12.8 Å². The molecule has 0 aliphatic heterocycles. The molecule has 2 saturated carbocycles. The minimum Gasteiger partial charge on any atom is -0.460 e. The summed E-state index contributed by atoms with van der Waals surface area (Å²) in [5, 5.41) is 6.11. The number of aliphatic hydroxyl groups excluding tert-OH is 1. The first-order valence-electron chi connectivity index (χ1n) is 10.8. The van der Waals surface area contributed by atoms with Gasteiger partial charge >= 0.3 is 27.3 Å². The minimum atomic E-state index is -5.68. The Kier molecular flexibility index (Phi) is 7.99. The second-order valence-corrected chi connectivity index (χ2v) is 11.8. The first-order chi connectivity index (χ1) is 14.4. The number of esters is 2. The van der Waals surface area contributed by atoms with E-state index in [-0.39, 0.29) is 30.1 Å². The molecule has 0 saturated heterocycles. The van der Waals surface area contributed by atoms with Gasteiger partial charge in [0.05, 0.1) is 18.4 Å². The lowest BCUT2D eigenvalue weighted by Crippen LogP contribution is -2.38. The molecule has 0 aromatic heterocycles. The van der Waals surface area contributed by atoms with Gasteiger partial charge in [0.25, 0.3) is 0 Å². The van der Waals surface area contributed by atoms with E-state index in [1.54, 1.807) is 20.8 Å². The Morgan fingerprint density at radius 3 is 2.28 bits per heavy atom. The van der Waals surface area contributed by atoms with Crippen LogP contribution in [0.15, 0.2) is 0 Å². The van der Waals surface area contributed by atoms with Crippen molar-refractivity contribution in [2.75, 3.05) is 6.61 Å². The van der Waals surface area contributed by atoms with Gasteiger partial charge in [-0.15, -0.1) is 0 Å². The van der Waals surface area contributed by atoms with Crippen LogP contribution in [-0.2, 0) is 29.2 Å². The molecule has 7 unspecified atom stereocenters. The van der Waals surface area contributed by atoms with Gasteiger partial charge in [-0.25, -0.2) is 0 Å². The van der Waals surface area contributed by atoms with Crippen LogP contribution in [0, 0.1) is 35.5 Å². The highest BCUT2D eigenvalue weighted by molar-refractivity contribution is 7.86. The van der Waals surface area contributed by atoms with Crippen LogP contribution in [0.5, 0.6) is 0 Å². The molecule has 8 nitrogen and oxygen atoms in total. The van der Waals surface area contributed by atoms with E-state index in [0.29, 0.717) is 12.3 Å². The number of carbonyl (C=O) groups excluding carboxylic acids is 2. The maximum atomic E-state index is 13.3. The summed E-state index contributed by atoms with van der Waals surface area (Å²) >= 11 is 0. The number of aliphatic hydroxyl groups is 1. The number of hydrogen-bond acceptors (Lipinski definition) is 7. The summed E-state index contributed by atoms with van der Waals surface area (Å²) in [4.78, 5) is 24.3. The maximum Gasteiger partial charge on any atom is 0.402 e. The highest BCUT2D eigenvalue weighted by Crippen LogP contribution is 2.58. The Morgan fingerprint density at radius 2 is 1.78 bits per heavy atom. The maximum absolute atomic E-state index is 13.3. The Hall–Kier alpha value is -1.33. The van der Waals surface area contributed by atoms with Crippen LogP contribution in [0.4, 0.5) is 8.78 Å². The van der Waals surface area contributed by atoms with E-state index in [9.17, 15) is 31.9 Å². The second kappa shape index (κ2) is 9.50. The molecule has 2 aliphatic carbocycles. The number of halogens is 2. The molecule has 0 radical (unpaired) electrons. The number of fused-ring (bicyclic) bond motifs is 2. The normalized spacial score (nSPS) is 30.1. The molecule has 11 heteroatoms. The summed E-state index contributed by atoms with van der Waals surface area (Å²) in [6.07, 6.45) is 0.963. The van der Waals surface area contributed by atoms with E-state index in [1.165, 1.54) is 6.92 Å². The summed E-state index contributed by atoms with van der Waals surface area (Å²) in [6.45, 7) is 7.06. The van der Waals surface area contributed by atoms with Crippen molar-refractivity contribution >= 4 is 22.1 Å². The third kappa shape index (κ3) is 6.38. The smallest absolute Gasteiger partial charge is 0.402 e. The van der Waals surface area contributed by atoms with Crippen molar-refractivity contribution in [1.82, 2.24) is 0 Å². The monoisotopic (exact) mass is 484 g/mol. The predicted octanol–water partition coefficient (Wildman–Crippen LogP) is 3.04. The SMILES string of the molecule is CC(CC1C(C)C2CC(C(O)CC(=O)OC(C)(C)C)C1C2)C(=O)OCC(F)(F)S(=O)(=O)O. The summed E-state index contributed by atoms with van der Waals surface area (Å²) in [5.74, 6) is -1.68. The number of rotatable bonds is 9. The number of hydrogen-bond donors (Lipinski definition) is 2. The molecule has 2 bridgehead atoms. The molecular weight excluding hydrogens is 450 g/mol. The van der Waals surface area contributed by atoms with E-state index in [2.05, 4.69) is 11.7 Å². The zero-order chi connectivity index (χ0) is 24.6. The molecule has 2 aliphatic rings. The van der Waals surface area contributed by atoms with Gasteiger partial charge in [-0.05, 0) is 69.6 Å². The summed E-state index contributed by atoms with van der Waals surface area (Å²) in [6, 6.07) is 0. The first kappa shape index (κ1) is 26.9. The molecule has 2 rings (SSSR count). The van der Waals surface area contributed by atoms with Crippen molar-refractivity contribution in [1.29, 1.82) is 0 Å². The van der Waals surface area contributed by atoms with Gasteiger partial charge in [0.2, 0.25) is 0 Å². The highest BCUT2D eigenvalue weighted by atomic mass is 32.2. The van der Waals surface area contributed by atoms with Crippen molar-refractivity contribution in [3.63, 3.8) is 0 Å². The van der Waals surface area contributed by atoms with E-state index in [1.807, 2.05) is 0 Å². The van der Waals surface area contributed by atoms with Crippen LogP contribution in [-0.4, -0.2) is 53.6 Å². The third-order valence-corrected chi connectivity index (χ3v) is 7.62. The zero-order valence-electron chi connectivity index (χ0n) is 19.1. The molecule has 186 valence electrons. The van der Waals surface area contributed by atoms with Crippen molar-refractivity contribution in [3.8, 4) is 0 Å². The van der Waals surface area contributed by atoms with Gasteiger partial charge in [-0.1, -0.05) is 13.8 Å². The van der Waals surface area contributed by atoms with Gasteiger partial charge in [0.15, 0.2) is 6.61 Å². The topological polar surface area (TPSA) is 127 Å². The fraction of sp³-hybridized carbons (Fsp3) is 0.905. The number of alkyl halides is 2. The Labute approximate surface area is 187 Å².